The topological polar surface area (TPSA) is 106 Å². The van der Waals surface area contributed by atoms with Crippen molar-refractivity contribution in [2.24, 2.45) is 0 Å². The molecule has 40 heavy (non-hydrogen) atoms. The van der Waals surface area contributed by atoms with Gasteiger partial charge in [-0.1, -0.05) is 85.3 Å². The van der Waals surface area contributed by atoms with E-state index in [1.54, 1.807) is 0 Å². The summed E-state index contributed by atoms with van der Waals surface area (Å²) in [6.07, 6.45) is 2.74. The molecule has 4 aromatic carbocycles. The first-order valence-corrected chi connectivity index (χ1v) is 13.5. The molecule has 6 aromatic rings. The van der Waals surface area contributed by atoms with Gasteiger partial charge < -0.3 is 14.5 Å². The van der Waals surface area contributed by atoms with Crippen LogP contribution in [-0.2, 0) is 19.6 Å². The number of fused-ring (bicyclic) bond motifs is 2. The van der Waals surface area contributed by atoms with Gasteiger partial charge in [-0.3, -0.25) is 4.79 Å². The van der Waals surface area contributed by atoms with Gasteiger partial charge in [0.25, 0.3) is 5.91 Å². The summed E-state index contributed by atoms with van der Waals surface area (Å²) in [6, 6.07) is 28.1. The number of carbonyl (C=O) groups is 1. The first-order valence-electron chi connectivity index (χ1n) is 13.5. The molecule has 0 saturated heterocycles. The smallest absolute Gasteiger partial charge is 0.255 e. The van der Waals surface area contributed by atoms with E-state index in [0.717, 1.165) is 69.2 Å². The summed E-state index contributed by atoms with van der Waals surface area (Å²) in [5.41, 5.74) is 4.42. The Labute approximate surface area is 231 Å². The summed E-state index contributed by atoms with van der Waals surface area (Å²) >= 11 is 0. The normalized spacial score (nSPS) is 11.2. The van der Waals surface area contributed by atoms with Crippen molar-refractivity contribution in [2.45, 2.75) is 39.3 Å². The minimum absolute atomic E-state index is 0.119. The molecule has 0 saturated carbocycles. The van der Waals surface area contributed by atoms with Gasteiger partial charge in [-0.25, -0.2) is 0 Å². The van der Waals surface area contributed by atoms with Crippen molar-refractivity contribution in [3.05, 3.63) is 108 Å². The predicted octanol–water partition coefficient (Wildman–Crippen LogP) is 6.62. The number of benzene rings is 4. The van der Waals surface area contributed by atoms with Crippen LogP contribution in [0.2, 0.25) is 0 Å². The molecule has 0 aliphatic rings. The number of aryl methyl sites for hydroxylation is 1. The number of tetrazole rings is 1. The lowest BCUT2D eigenvalue weighted by molar-refractivity contribution is 0.0950. The fourth-order valence-corrected chi connectivity index (χ4v) is 5.01. The minimum Gasteiger partial charge on any atom is -0.485 e. The molecule has 8 nitrogen and oxygen atoms in total. The molecular weight excluding hydrogens is 502 g/mol. The molecule has 0 aliphatic carbocycles. The van der Waals surface area contributed by atoms with E-state index in [0.29, 0.717) is 17.9 Å². The highest BCUT2D eigenvalue weighted by molar-refractivity contribution is 6.07. The number of aromatic nitrogens is 4. The highest BCUT2D eigenvalue weighted by Gasteiger charge is 2.20. The van der Waals surface area contributed by atoms with Gasteiger partial charge in [-0.05, 0) is 46.5 Å². The van der Waals surface area contributed by atoms with Crippen LogP contribution in [0, 0.1) is 0 Å². The third-order valence-electron chi connectivity index (χ3n) is 6.96. The number of hydrogen-bond donors (Lipinski definition) is 2. The van der Waals surface area contributed by atoms with Gasteiger partial charge in [0, 0.05) is 23.9 Å². The maximum Gasteiger partial charge on any atom is 0.255 e. The highest BCUT2D eigenvalue weighted by atomic mass is 16.5. The number of para-hydroxylation sites is 1. The third kappa shape index (κ3) is 5.16. The summed E-state index contributed by atoms with van der Waals surface area (Å²) in [7, 11) is 0. The molecule has 0 spiro atoms. The maximum absolute atomic E-state index is 13.4. The number of amides is 1. The number of hydrogen-bond acceptors (Lipinski definition) is 6. The molecule has 1 amide bonds. The molecule has 2 N–H and O–H groups in total. The molecular formula is C32H29N5O3. The second-order valence-corrected chi connectivity index (χ2v) is 9.66. The fraction of sp³-hybridized carbons (Fsp3) is 0.188. The molecule has 6 rings (SSSR count). The Bertz CT molecular complexity index is 1760. The van der Waals surface area contributed by atoms with E-state index in [1.807, 2.05) is 60.7 Å². The zero-order valence-corrected chi connectivity index (χ0v) is 22.2. The number of carbonyl (C=O) groups excluding carboxylic acids is 1. The van der Waals surface area contributed by atoms with Crippen molar-refractivity contribution in [3.8, 4) is 16.9 Å². The van der Waals surface area contributed by atoms with Crippen LogP contribution < -0.4 is 10.1 Å². The molecule has 0 unspecified atom stereocenters. The van der Waals surface area contributed by atoms with Gasteiger partial charge in [0.1, 0.15) is 17.1 Å². The van der Waals surface area contributed by atoms with Crippen LogP contribution in [0.1, 0.15) is 47.3 Å². The Kier molecular flexibility index (Phi) is 7.22. The van der Waals surface area contributed by atoms with Gasteiger partial charge in [0.2, 0.25) is 5.82 Å². The summed E-state index contributed by atoms with van der Waals surface area (Å²) in [6.45, 7) is 2.74. The standard InChI is InChI=1S/C32H29N5O3/c1-2-3-12-28-31(25-11-7-8-13-26(25)40-28)32(38)33-19-21-14-16-24-23(18-21)15-17-27(39-20-29-34-36-37-35-29)30(24)22-9-5-4-6-10-22/h4-11,13-18H,2-3,12,19-20H2,1H3,(H,33,38)(H,34,35,36,37). The number of rotatable bonds is 10. The lowest BCUT2D eigenvalue weighted by atomic mass is 9.96. The van der Waals surface area contributed by atoms with Crippen molar-refractivity contribution >= 4 is 27.6 Å². The number of unbranched alkanes of at least 4 members (excludes halogenated alkanes) is 1. The number of nitrogens with zero attached hydrogens (tertiary/aromatic N) is 3. The van der Waals surface area contributed by atoms with E-state index in [9.17, 15) is 4.79 Å². The molecule has 0 radical (unpaired) electrons. The Morgan fingerprint density at radius 3 is 2.65 bits per heavy atom. The Morgan fingerprint density at radius 2 is 1.82 bits per heavy atom. The Hall–Kier alpha value is -4.98. The quantitative estimate of drug-likeness (QED) is 0.206. The Morgan fingerprint density at radius 1 is 0.975 bits per heavy atom. The Balaban J connectivity index is 1.27. The van der Waals surface area contributed by atoms with E-state index >= 15 is 0 Å². The van der Waals surface area contributed by atoms with E-state index in [4.69, 9.17) is 9.15 Å². The van der Waals surface area contributed by atoms with E-state index in [2.05, 4.69) is 57.1 Å². The van der Waals surface area contributed by atoms with Gasteiger partial charge in [0.05, 0.1) is 5.56 Å². The van der Waals surface area contributed by atoms with Crippen molar-refractivity contribution in [1.29, 1.82) is 0 Å². The average Bonchev–Trinajstić information content (AvgIpc) is 3.65. The summed E-state index contributed by atoms with van der Waals surface area (Å²) in [5.74, 6) is 1.84. The first kappa shape index (κ1) is 25.3. The van der Waals surface area contributed by atoms with Crippen LogP contribution in [0.25, 0.3) is 32.9 Å². The van der Waals surface area contributed by atoms with Crippen LogP contribution in [-0.4, -0.2) is 26.5 Å². The summed E-state index contributed by atoms with van der Waals surface area (Å²) in [5, 5.41) is 20.1. The predicted molar refractivity (Wildman–Crippen MR) is 154 cm³/mol. The molecule has 8 heteroatoms. The lowest BCUT2D eigenvalue weighted by Crippen LogP contribution is -2.23. The van der Waals surface area contributed by atoms with Crippen LogP contribution in [0.4, 0.5) is 0 Å². The van der Waals surface area contributed by atoms with Crippen molar-refractivity contribution in [2.75, 3.05) is 0 Å². The van der Waals surface area contributed by atoms with Gasteiger partial charge in [0.15, 0.2) is 6.61 Å². The molecule has 2 heterocycles. The largest absolute Gasteiger partial charge is 0.485 e. The molecule has 200 valence electrons. The molecule has 0 atom stereocenters. The summed E-state index contributed by atoms with van der Waals surface area (Å²) in [4.78, 5) is 13.4. The molecule has 0 aliphatic heterocycles. The summed E-state index contributed by atoms with van der Waals surface area (Å²) < 4.78 is 12.2. The van der Waals surface area contributed by atoms with Crippen molar-refractivity contribution in [3.63, 3.8) is 0 Å². The SMILES string of the molecule is CCCCc1oc2ccccc2c1C(=O)NCc1ccc2c(-c3ccccc3)c(OCc3nn[nH]n3)ccc2c1. The van der Waals surface area contributed by atoms with Crippen molar-refractivity contribution in [1.82, 2.24) is 25.9 Å². The highest BCUT2D eigenvalue weighted by Crippen LogP contribution is 2.38. The molecule has 2 aromatic heterocycles. The second kappa shape index (κ2) is 11.4. The van der Waals surface area contributed by atoms with Crippen molar-refractivity contribution < 1.29 is 13.9 Å². The monoisotopic (exact) mass is 531 g/mol. The van der Waals surface area contributed by atoms with Crippen LogP contribution in [0.5, 0.6) is 5.75 Å². The van der Waals surface area contributed by atoms with E-state index in [1.165, 1.54) is 0 Å². The van der Waals surface area contributed by atoms with Crippen LogP contribution >= 0.6 is 0 Å². The van der Waals surface area contributed by atoms with E-state index < -0.39 is 0 Å². The average molecular weight is 532 g/mol. The first-order chi connectivity index (χ1) is 19.7. The lowest BCUT2D eigenvalue weighted by Gasteiger charge is -2.15. The van der Waals surface area contributed by atoms with Crippen LogP contribution in [0.15, 0.2) is 89.3 Å². The van der Waals surface area contributed by atoms with Crippen LogP contribution in [0.3, 0.4) is 0 Å². The van der Waals surface area contributed by atoms with Gasteiger partial charge in [-0.15, -0.1) is 10.2 Å². The number of H-pyrrole nitrogens is 1. The molecule has 0 fully saturated rings. The van der Waals surface area contributed by atoms with Gasteiger partial charge >= 0.3 is 0 Å². The maximum atomic E-state index is 13.4. The number of aromatic amines is 1. The number of ether oxygens (including phenoxy) is 1. The second-order valence-electron chi connectivity index (χ2n) is 9.66. The van der Waals surface area contributed by atoms with Gasteiger partial charge in [-0.2, -0.15) is 5.21 Å². The molecule has 0 bridgehead atoms. The zero-order chi connectivity index (χ0) is 27.3. The zero-order valence-electron chi connectivity index (χ0n) is 22.2. The van der Waals surface area contributed by atoms with E-state index in [-0.39, 0.29) is 12.5 Å². The minimum atomic E-state index is -0.119. The number of furan rings is 1. The fourth-order valence-electron chi connectivity index (χ4n) is 5.01. The third-order valence-corrected chi connectivity index (χ3v) is 6.96. The number of nitrogens with one attached hydrogen (secondary N) is 2.